The number of likely N-dealkylation sites (tertiary alicyclic amines) is 1. The van der Waals surface area contributed by atoms with E-state index < -0.39 is 10.0 Å². The van der Waals surface area contributed by atoms with Crippen LogP contribution in [0.5, 0.6) is 0 Å². The Morgan fingerprint density at radius 2 is 2.27 bits per heavy atom. The van der Waals surface area contributed by atoms with E-state index in [0.717, 1.165) is 19.5 Å². The monoisotopic (exact) mass is 178 g/mol. The molecule has 0 radical (unpaired) electrons. The zero-order valence-corrected chi connectivity index (χ0v) is 7.47. The van der Waals surface area contributed by atoms with Gasteiger partial charge in [0.15, 0.2) is 0 Å². The van der Waals surface area contributed by atoms with E-state index in [1.807, 2.05) is 7.05 Å². The number of nitrogens with zero attached hydrogens (tertiary/aromatic N) is 1. The number of nitrogens with two attached hydrogens (primary N) is 1. The van der Waals surface area contributed by atoms with E-state index in [2.05, 4.69) is 4.90 Å². The molecule has 0 aromatic heterocycles. The van der Waals surface area contributed by atoms with Crippen molar-refractivity contribution >= 4 is 10.0 Å². The maximum atomic E-state index is 10.7. The van der Waals surface area contributed by atoms with Gasteiger partial charge in [0.2, 0.25) is 10.0 Å². The van der Waals surface area contributed by atoms with E-state index in [4.69, 9.17) is 5.14 Å². The smallest absolute Gasteiger partial charge is 0.209 e. The molecule has 5 heteroatoms. The second kappa shape index (κ2) is 3.08. The molecule has 1 rings (SSSR count). The zero-order valence-electron chi connectivity index (χ0n) is 6.66. The average molecular weight is 178 g/mol. The van der Waals surface area contributed by atoms with E-state index in [9.17, 15) is 8.42 Å². The molecule has 1 unspecified atom stereocenters. The van der Waals surface area contributed by atoms with Crippen LogP contribution >= 0.6 is 0 Å². The van der Waals surface area contributed by atoms with Gasteiger partial charge in [0.05, 0.1) is 5.75 Å². The van der Waals surface area contributed by atoms with Crippen LogP contribution in [0.15, 0.2) is 0 Å². The Morgan fingerprint density at radius 3 is 2.64 bits per heavy atom. The van der Waals surface area contributed by atoms with Crippen LogP contribution in [-0.2, 0) is 10.0 Å². The van der Waals surface area contributed by atoms with Crippen molar-refractivity contribution < 1.29 is 8.42 Å². The average Bonchev–Trinajstić information content (AvgIpc) is 2.10. The van der Waals surface area contributed by atoms with Gasteiger partial charge < -0.3 is 4.90 Å². The Kier molecular flexibility index (Phi) is 2.51. The van der Waals surface area contributed by atoms with E-state index in [1.165, 1.54) is 0 Å². The molecule has 2 N–H and O–H groups in total. The first-order valence-electron chi connectivity index (χ1n) is 3.66. The molecule has 0 aromatic carbocycles. The molecule has 0 amide bonds. The van der Waals surface area contributed by atoms with Crippen molar-refractivity contribution in [1.29, 1.82) is 0 Å². The number of hydrogen-bond donors (Lipinski definition) is 1. The number of primary sulfonamides is 1. The highest BCUT2D eigenvalue weighted by Gasteiger charge is 2.22. The molecule has 66 valence electrons. The summed E-state index contributed by atoms with van der Waals surface area (Å²) in [5.74, 6) is 0.382. The molecule has 1 heterocycles. The lowest BCUT2D eigenvalue weighted by molar-refractivity contribution is 0.401. The van der Waals surface area contributed by atoms with Gasteiger partial charge in [0.25, 0.3) is 0 Å². The molecule has 1 aliphatic rings. The highest BCUT2D eigenvalue weighted by atomic mass is 32.2. The van der Waals surface area contributed by atoms with Crippen molar-refractivity contribution in [3.05, 3.63) is 0 Å². The van der Waals surface area contributed by atoms with Crippen LogP contribution in [0, 0.1) is 5.92 Å². The Balaban J connectivity index is 2.41. The van der Waals surface area contributed by atoms with Crippen molar-refractivity contribution in [2.75, 3.05) is 25.9 Å². The molecule has 0 bridgehead atoms. The predicted molar refractivity (Wildman–Crippen MR) is 43.6 cm³/mol. The molecule has 1 aliphatic heterocycles. The molecule has 0 spiro atoms. The fourth-order valence-electron chi connectivity index (χ4n) is 1.49. The molecule has 0 aliphatic carbocycles. The van der Waals surface area contributed by atoms with Crippen LogP contribution in [0.2, 0.25) is 0 Å². The highest BCUT2D eigenvalue weighted by molar-refractivity contribution is 7.89. The maximum Gasteiger partial charge on any atom is 0.209 e. The minimum absolute atomic E-state index is 0.136. The normalized spacial score (nSPS) is 27.6. The van der Waals surface area contributed by atoms with Crippen LogP contribution in [0.25, 0.3) is 0 Å². The summed E-state index contributed by atoms with van der Waals surface area (Å²) in [6, 6.07) is 0. The van der Waals surface area contributed by atoms with Crippen LogP contribution in [0.4, 0.5) is 0 Å². The first-order chi connectivity index (χ1) is 4.97. The highest BCUT2D eigenvalue weighted by Crippen LogP contribution is 2.14. The molecule has 4 nitrogen and oxygen atoms in total. The van der Waals surface area contributed by atoms with Gasteiger partial charge in [0, 0.05) is 6.54 Å². The van der Waals surface area contributed by atoms with Gasteiger partial charge in [-0.25, -0.2) is 13.6 Å². The third kappa shape index (κ3) is 3.18. The third-order valence-electron chi connectivity index (χ3n) is 1.96. The first kappa shape index (κ1) is 8.96. The van der Waals surface area contributed by atoms with E-state index in [0.29, 0.717) is 0 Å². The SMILES string of the molecule is CN1CCC(CS(N)(=O)=O)C1. The van der Waals surface area contributed by atoms with Crippen molar-refractivity contribution in [3.8, 4) is 0 Å². The maximum absolute atomic E-state index is 10.7. The number of hydrogen-bond acceptors (Lipinski definition) is 3. The molecular formula is C6H14N2O2S. The van der Waals surface area contributed by atoms with Crippen LogP contribution < -0.4 is 5.14 Å². The van der Waals surface area contributed by atoms with Gasteiger partial charge in [-0.1, -0.05) is 0 Å². The standard InChI is InChI=1S/C6H14N2O2S/c1-8-3-2-6(4-8)5-11(7,9)10/h6H,2-5H2,1H3,(H2,7,9,10). The molecule has 0 saturated carbocycles. The zero-order chi connectivity index (χ0) is 8.48. The van der Waals surface area contributed by atoms with Crippen molar-refractivity contribution in [2.24, 2.45) is 11.1 Å². The van der Waals surface area contributed by atoms with Gasteiger partial charge in [-0.15, -0.1) is 0 Å². The molecule has 1 atom stereocenters. The summed E-state index contributed by atoms with van der Waals surface area (Å²) in [5.41, 5.74) is 0. The van der Waals surface area contributed by atoms with Crippen molar-refractivity contribution in [3.63, 3.8) is 0 Å². The Labute approximate surface area is 67.4 Å². The third-order valence-corrected chi connectivity index (χ3v) is 2.89. The van der Waals surface area contributed by atoms with E-state index >= 15 is 0 Å². The molecule has 1 fully saturated rings. The van der Waals surface area contributed by atoms with Crippen LogP contribution in [0.1, 0.15) is 6.42 Å². The summed E-state index contributed by atoms with van der Waals surface area (Å²) in [5, 5.41) is 4.91. The predicted octanol–water partition coefficient (Wildman–Crippen LogP) is -0.773. The van der Waals surface area contributed by atoms with Gasteiger partial charge in [-0.05, 0) is 25.9 Å². The summed E-state index contributed by atoms with van der Waals surface area (Å²) >= 11 is 0. The Bertz CT molecular complexity index is 225. The van der Waals surface area contributed by atoms with Crippen molar-refractivity contribution in [1.82, 2.24) is 4.90 Å². The second-order valence-corrected chi connectivity index (χ2v) is 4.91. The molecule has 1 saturated heterocycles. The summed E-state index contributed by atoms with van der Waals surface area (Å²) < 4.78 is 21.3. The summed E-state index contributed by atoms with van der Waals surface area (Å²) in [6.07, 6.45) is 0.951. The summed E-state index contributed by atoms with van der Waals surface area (Å²) in [7, 11) is -1.27. The lowest BCUT2D eigenvalue weighted by Crippen LogP contribution is -2.24. The number of rotatable bonds is 2. The number of sulfonamides is 1. The van der Waals surface area contributed by atoms with Crippen molar-refractivity contribution in [2.45, 2.75) is 6.42 Å². The molecule has 11 heavy (non-hydrogen) atoms. The fraction of sp³-hybridized carbons (Fsp3) is 1.00. The summed E-state index contributed by atoms with van der Waals surface area (Å²) in [4.78, 5) is 2.12. The minimum atomic E-state index is -3.26. The van der Waals surface area contributed by atoms with E-state index in [-0.39, 0.29) is 11.7 Å². The van der Waals surface area contributed by atoms with Crippen LogP contribution in [0.3, 0.4) is 0 Å². The lowest BCUT2D eigenvalue weighted by atomic mass is 10.2. The Hall–Kier alpha value is -0.130. The van der Waals surface area contributed by atoms with Gasteiger partial charge in [-0.2, -0.15) is 0 Å². The molecular weight excluding hydrogens is 164 g/mol. The van der Waals surface area contributed by atoms with Gasteiger partial charge in [0.1, 0.15) is 0 Å². The van der Waals surface area contributed by atoms with E-state index in [1.54, 1.807) is 0 Å². The fourth-order valence-corrected chi connectivity index (χ4v) is 2.42. The lowest BCUT2D eigenvalue weighted by Gasteiger charge is -2.07. The first-order valence-corrected chi connectivity index (χ1v) is 5.38. The quantitative estimate of drug-likeness (QED) is 0.603. The topological polar surface area (TPSA) is 63.4 Å². The largest absolute Gasteiger partial charge is 0.306 e. The van der Waals surface area contributed by atoms with Gasteiger partial charge in [-0.3, -0.25) is 0 Å². The molecule has 0 aromatic rings. The van der Waals surface area contributed by atoms with Gasteiger partial charge >= 0.3 is 0 Å². The summed E-state index contributed by atoms with van der Waals surface area (Å²) in [6.45, 7) is 1.84. The van der Waals surface area contributed by atoms with Crippen LogP contribution in [-0.4, -0.2) is 39.2 Å². The minimum Gasteiger partial charge on any atom is -0.306 e. The second-order valence-electron chi connectivity index (χ2n) is 3.25. The Morgan fingerprint density at radius 1 is 1.64 bits per heavy atom.